The van der Waals surface area contributed by atoms with Crippen LogP contribution in [-0.4, -0.2) is 35.6 Å². The van der Waals surface area contributed by atoms with Crippen LogP contribution in [0, 0.1) is 0 Å². The van der Waals surface area contributed by atoms with Crippen LogP contribution in [0.4, 0.5) is 11.5 Å². The molecule has 98 valence electrons. The summed E-state index contributed by atoms with van der Waals surface area (Å²) in [4.78, 5) is 15.7. The minimum atomic E-state index is -0.441. The highest BCUT2D eigenvalue weighted by Crippen LogP contribution is 2.47. The van der Waals surface area contributed by atoms with E-state index in [1.165, 1.54) is 20.0 Å². The Kier molecular flexibility index (Phi) is 3.65. The van der Waals surface area contributed by atoms with Crippen molar-refractivity contribution in [2.24, 2.45) is 0 Å². The third-order valence-corrected chi connectivity index (χ3v) is 4.63. The summed E-state index contributed by atoms with van der Waals surface area (Å²) in [6.07, 6.45) is 6.08. The van der Waals surface area contributed by atoms with Crippen LogP contribution in [-0.2, 0) is 4.74 Å². The van der Waals surface area contributed by atoms with E-state index in [9.17, 15) is 4.79 Å². The average molecular weight is 267 g/mol. The fourth-order valence-corrected chi connectivity index (χ4v) is 2.47. The number of carbonyl (C=O) groups is 1. The van der Waals surface area contributed by atoms with E-state index in [-0.39, 0.29) is 0 Å². The SMILES string of the molecule is COC(=O)c1ccnc(NCC2(SC)CC2)c1N. The lowest BCUT2D eigenvalue weighted by molar-refractivity contribution is 0.0602. The lowest BCUT2D eigenvalue weighted by atomic mass is 10.2. The first kappa shape index (κ1) is 13.0. The van der Waals surface area contributed by atoms with Gasteiger partial charge in [0.05, 0.1) is 18.4 Å². The summed E-state index contributed by atoms with van der Waals surface area (Å²) in [6, 6.07) is 1.56. The van der Waals surface area contributed by atoms with Gasteiger partial charge in [-0.3, -0.25) is 0 Å². The van der Waals surface area contributed by atoms with Gasteiger partial charge in [-0.05, 0) is 25.2 Å². The summed E-state index contributed by atoms with van der Waals surface area (Å²) in [7, 11) is 1.34. The maximum Gasteiger partial charge on any atom is 0.340 e. The van der Waals surface area contributed by atoms with Crippen molar-refractivity contribution in [1.82, 2.24) is 4.98 Å². The maximum absolute atomic E-state index is 11.5. The van der Waals surface area contributed by atoms with E-state index in [4.69, 9.17) is 5.73 Å². The number of methoxy groups -OCH3 is 1. The molecule has 2 rings (SSSR count). The predicted molar refractivity (Wildman–Crippen MR) is 74.0 cm³/mol. The summed E-state index contributed by atoms with van der Waals surface area (Å²) < 4.78 is 4.99. The highest BCUT2D eigenvalue weighted by molar-refractivity contribution is 8.00. The van der Waals surface area contributed by atoms with Crippen molar-refractivity contribution in [2.45, 2.75) is 17.6 Å². The summed E-state index contributed by atoms with van der Waals surface area (Å²) in [5.41, 5.74) is 6.62. The Morgan fingerprint density at radius 2 is 2.39 bits per heavy atom. The van der Waals surface area contributed by atoms with Crippen LogP contribution in [0.1, 0.15) is 23.2 Å². The van der Waals surface area contributed by atoms with Crippen molar-refractivity contribution < 1.29 is 9.53 Å². The number of pyridine rings is 1. The van der Waals surface area contributed by atoms with Crippen molar-refractivity contribution in [3.63, 3.8) is 0 Å². The number of hydrogen-bond donors (Lipinski definition) is 2. The molecule has 1 heterocycles. The largest absolute Gasteiger partial charge is 0.465 e. The molecule has 5 nitrogen and oxygen atoms in total. The number of anilines is 2. The minimum absolute atomic E-state index is 0.315. The minimum Gasteiger partial charge on any atom is -0.465 e. The molecule has 18 heavy (non-hydrogen) atoms. The number of rotatable bonds is 5. The number of hydrogen-bond acceptors (Lipinski definition) is 6. The second-order valence-electron chi connectivity index (χ2n) is 4.35. The molecule has 0 amide bonds. The number of ether oxygens (including phenoxy) is 1. The van der Waals surface area contributed by atoms with Gasteiger partial charge in [0, 0.05) is 17.5 Å². The Morgan fingerprint density at radius 3 is 2.94 bits per heavy atom. The van der Waals surface area contributed by atoms with E-state index in [1.807, 2.05) is 11.8 Å². The van der Waals surface area contributed by atoms with Crippen LogP contribution in [0.15, 0.2) is 12.3 Å². The quantitative estimate of drug-likeness (QED) is 0.792. The van der Waals surface area contributed by atoms with Crippen molar-refractivity contribution >= 4 is 29.2 Å². The summed E-state index contributed by atoms with van der Waals surface area (Å²) in [5.74, 6) is 0.113. The highest BCUT2D eigenvalue weighted by Gasteiger charge is 2.41. The zero-order chi connectivity index (χ0) is 13.2. The van der Waals surface area contributed by atoms with Crippen LogP contribution < -0.4 is 11.1 Å². The van der Waals surface area contributed by atoms with Gasteiger partial charge in [-0.15, -0.1) is 0 Å². The van der Waals surface area contributed by atoms with Gasteiger partial charge in [-0.2, -0.15) is 11.8 Å². The maximum atomic E-state index is 11.5. The molecular formula is C12H17N3O2S. The van der Waals surface area contributed by atoms with Gasteiger partial charge in [-0.25, -0.2) is 9.78 Å². The molecule has 1 fully saturated rings. The van der Waals surface area contributed by atoms with Crippen LogP contribution in [0.25, 0.3) is 0 Å². The van der Waals surface area contributed by atoms with Crippen LogP contribution in [0.3, 0.4) is 0 Å². The molecule has 1 aromatic rings. The number of nitrogens with zero attached hydrogens (tertiary/aromatic N) is 1. The molecule has 0 aromatic carbocycles. The van der Waals surface area contributed by atoms with E-state index in [0.717, 1.165) is 6.54 Å². The molecule has 0 spiro atoms. The van der Waals surface area contributed by atoms with Crippen molar-refractivity contribution in [1.29, 1.82) is 0 Å². The Labute approximate surface area is 110 Å². The number of thioether (sulfide) groups is 1. The third kappa shape index (κ3) is 2.53. The van der Waals surface area contributed by atoms with Gasteiger partial charge in [0.1, 0.15) is 5.82 Å². The third-order valence-electron chi connectivity index (χ3n) is 3.21. The molecule has 0 saturated heterocycles. The Hall–Kier alpha value is -1.43. The van der Waals surface area contributed by atoms with E-state index in [0.29, 0.717) is 21.8 Å². The number of esters is 1. The lowest BCUT2D eigenvalue weighted by Gasteiger charge is -2.15. The zero-order valence-electron chi connectivity index (χ0n) is 10.5. The molecule has 3 N–H and O–H groups in total. The number of nitrogens with two attached hydrogens (primary N) is 1. The van der Waals surface area contributed by atoms with Crippen LogP contribution in [0.5, 0.6) is 0 Å². The first-order valence-corrected chi connectivity index (χ1v) is 6.96. The second-order valence-corrected chi connectivity index (χ2v) is 5.63. The number of aromatic nitrogens is 1. The fourth-order valence-electron chi connectivity index (χ4n) is 1.74. The van der Waals surface area contributed by atoms with Gasteiger partial charge in [0.2, 0.25) is 0 Å². The lowest BCUT2D eigenvalue weighted by Crippen LogP contribution is -2.19. The van der Waals surface area contributed by atoms with E-state index in [2.05, 4.69) is 21.3 Å². The Bertz CT molecular complexity index is 461. The summed E-state index contributed by atoms with van der Waals surface area (Å²) >= 11 is 1.86. The molecule has 0 unspecified atom stereocenters. The molecule has 0 aliphatic heterocycles. The molecule has 0 atom stereocenters. The smallest absolute Gasteiger partial charge is 0.340 e. The second kappa shape index (κ2) is 5.06. The Morgan fingerprint density at radius 1 is 1.67 bits per heavy atom. The monoisotopic (exact) mass is 267 g/mol. The number of carbonyl (C=O) groups excluding carboxylic acids is 1. The predicted octanol–water partition coefficient (Wildman–Crippen LogP) is 1.76. The zero-order valence-corrected chi connectivity index (χ0v) is 11.3. The molecule has 0 bridgehead atoms. The molecule has 0 radical (unpaired) electrons. The molecule has 1 aliphatic carbocycles. The van der Waals surface area contributed by atoms with E-state index >= 15 is 0 Å². The molecular weight excluding hydrogens is 250 g/mol. The summed E-state index contributed by atoms with van der Waals surface area (Å²) in [5, 5.41) is 3.22. The average Bonchev–Trinajstić information content (AvgIpc) is 3.17. The topological polar surface area (TPSA) is 77.2 Å². The standard InChI is InChI=1S/C12H17N3O2S/c1-17-11(16)8-3-6-14-10(9(8)13)15-7-12(18-2)4-5-12/h3,6H,4-5,7,13H2,1-2H3,(H,14,15). The molecule has 6 heteroatoms. The van der Waals surface area contributed by atoms with E-state index in [1.54, 1.807) is 12.3 Å². The molecule has 1 saturated carbocycles. The first-order valence-electron chi connectivity index (χ1n) is 5.74. The first-order chi connectivity index (χ1) is 8.62. The van der Waals surface area contributed by atoms with E-state index < -0.39 is 5.97 Å². The number of nitrogen functional groups attached to an aromatic ring is 1. The summed E-state index contributed by atoms with van der Waals surface area (Å²) in [6.45, 7) is 0.815. The van der Waals surface area contributed by atoms with Crippen molar-refractivity contribution in [3.05, 3.63) is 17.8 Å². The van der Waals surface area contributed by atoms with Gasteiger partial charge in [-0.1, -0.05) is 0 Å². The highest BCUT2D eigenvalue weighted by atomic mass is 32.2. The van der Waals surface area contributed by atoms with Crippen molar-refractivity contribution in [2.75, 3.05) is 31.0 Å². The normalized spacial score (nSPS) is 16.1. The van der Waals surface area contributed by atoms with Crippen LogP contribution >= 0.6 is 11.8 Å². The Balaban J connectivity index is 2.11. The fraction of sp³-hybridized carbons (Fsp3) is 0.500. The number of nitrogens with one attached hydrogen (secondary N) is 1. The van der Waals surface area contributed by atoms with Crippen molar-refractivity contribution in [3.8, 4) is 0 Å². The van der Waals surface area contributed by atoms with Gasteiger partial charge in [0.15, 0.2) is 0 Å². The van der Waals surface area contributed by atoms with Gasteiger partial charge >= 0.3 is 5.97 Å². The molecule has 1 aliphatic rings. The molecule has 1 aromatic heterocycles. The van der Waals surface area contributed by atoms with Crippen LogP contribution in [0.2, 0.25) is 0 Å². The van der Waals surface area contributed by atoms with Gasteiger partial charge in [0.25, 0.3) is 0 Å². The van der Waals surface area contributed by atoms with Gasteiger partial charge < -0.3 is 15.8 Å².